The average molecular weight is 264 g/mol. The first-order chi connectivity index (χ1) is 9.69. The Kier molecular flexibility index (Phi) is 2.77. The van der Waals surface area contributed by atoms with Crippen molar-refractivity contribution in [1.82, 2.24) is 5.10 Å². The van der Waals surface area contributed by atoms with Gasteiger partial charge in [-0.1, -0.05) is 18.2 Å². The molecule has 0 aliphatic heterocycles. The van der Waals surface area contributed by atoms with Gasteiger partial charge in [0.25, 0.3) is 0 Å². The molecule has 0 fully saturated rings. The van der Waals surface area contributed by atoms with Crippen LogP contribution in [0, 0.1) is 18.3 Å². The lowest BCUT2D eigenvalue weighted by molar-refractivity contribution is -0.683. The fourth-order valence-corrected chi connectivity index (χ4v) is 2.03. The summed E-state index contributed by atoms with van der Waals surface area (Å²) in [5.74, 6) is -0.621. The van der Waals surface area contributed by atoms with Gasteiger partial charge in [-0.05, 0) is 24.6 Å². The van der Waals surface area contributed by atoms with Crippen LogP contribution in [0.15, 0.2) is 51.7 Å². The Balaban J connectivity index is 2.36. The SMILES string of the molecule is Cc1cc(C#N)c2oc(=O)[n+](-c3ccccc3)nc2c1. The van der Waals surface area contributed by atoms with Gasteiger partial charge in [0.2, 0.25) is 5.69 Å². The van der Waals surface area contributed by atoms with Gasteiger partial charge in [0.1, 0.15) is 6.07 Å². The molecule has 96 valence electrons. The van der Waals surface area contributed by atoms with Gasteiger partial charge in [0.15, 0.2) is 11.1 Å². The highest BCUT2D eigenvalue weighted by Crippen LogP contribution is 2.16. The smallest absolute Gasteiger partial charge is 0.366 e. The second-order valence-electron chi connectivity index (χ2n) is 4.39. The van der Waals surface area contributed by atoms with Crippen LogP contribution in [-0.4, -0.2) is 5.10 Å². The Hall–Kier alpha value is -3.00. The standard InChI is InChI=1S/C15H10N3O2/c1-10-7-11(9-16)14-13(8-10)17-18(15(19)20-14)12-5-3-2-4-6-12/h2-8H,1H3/q+1. The quantitative estimate of drug-likeness (QED) is 0.626. The van der Waals surface area contributed by atoms with E-state index in [1.165, 1.54) is 4.68 Å². The van der Waals surface area contributed by atoms with Gasteiger partial charge in [-0.25, -0.2) is 0 Å². The van der Waals surface area contributed by atoms with Crippen molar-refractivity contribution >= 4 is 11.1 Å². The number of hydrogen-bond donors (Lipinski definition) is 0. The van der Waals surface area contributed by atoms with Crippen molar-refractivity contribution in [3.05, 3.63) is 64.1 Å². The fourth-order valence-electron chi connectivity index (χ4n) is 2.03. The highest BCUT2D eigenvalue weighted by Gasteiger charge is 2.19. The van der Waals surface area contributed by atoms with Gasteiger partial charge in [-0.3, -0.25) is 0 Å². The minimum absolute atomic E-state index is 0.218. The van der Waals surface area contributed by atoms with Crippen LogP contribution < -0.4 is 10.4 Å². The van der Waals surface area contributed by atoms with Crippen LogP contribution in [0.1, 0.15) is 11.1 Å². The molecular formula is C15H10N3O2+. The van der Waals surface area contributed by atoms with Gasteiger partial charge in [0.05, 0.1) is 5.56 Å². The Morgan fingerprint density at radius 1 is 1.25 bits per heavy atom. The van der Waals surface area contributed by atoms with E-state index >= 15 is 0 Å². The zero-order valence-corrected chi connectivity index (χ0v) is 10.7. The summed E-state index contributed by atoms with van der Waals surface area (Å²) in [5.41, 5.74) is 2.50. The molecule has 2 aromatic carbocycles. The first kappa shape index (κ1) is 12.1. The van der Waals surface area contributed by atoms with Crippen LogP contribution in [0.2, 0.25) is 0 Å². The monoisotopic (exact) mass is 264 g/mol. The summed E-state index contributed by atoms with van der Waals surface area (Å²) < 4.78 is 6.43. The third kappa shape index (κ3) is 1.93. The summed E-state index contributed by atoms with van der Waals surface area (Å²) in [6.07, 6.45) is 0. The van der Waals surface area contributed by atoms with Crippen LogP contribution in [-0.2, 0) is 0 Å². The zero-order valence-electron chi connectivity index (χ0n) is 10.7. The van der Waals surface area contributed by atoms with Crippen molar-refractivity contribution in [1.29, 1.82) is 5.26 Å². The van der Waals surface area contributed by atoms with E-state index in [2.05, 4.69) is 5.10 Å². The molecular weight excluding hydrogens is 254 g/mol. The molecule has 5 heteroatoms. The van der Waals surface area contributed by atoms with Crippen LogP contribution in [0.4, 0.5) is 0 Å². The van der Waals surface area contributed by atoms with Crippen LogP contribution in [0.25, 0.3) is 16.8 Å². The maximum Gasteiger partial charge on any atom is 0.634 e. The highest BCUT2D eigenvalue weighted by molar-refractivity contribution is 5.78. The Morgan fingerprint density at radius 3 is 2.70 bits per heavy atom. The maximum atomic E-state index is 12.0. The van der Waals surface area contributed by atoms with E-state index in [0.717, 1.165) is 5.56 Å². The number of nitriles is 1. The molecule has 0 atom stereocenters. The second kappa shape index (κ2) is 4.59. The second-order valence-corrected chi connectivity index (χ2v) is 4.39. The third-order valence-corrected chi connectivity index (χ3v) is 2.90. The fraction of sp³-hybridized carbons (Fsp3) is 0.0667. The number of aromatic nitrogens is 2. The molecule has 5 nitrogen and oxygen atoms in total. The molecule has 0 saturated heterocycles. The van der Waals surface area contributed by atoms with E-state index in [4.69, 9.17) is 9.68 Å². The van der Waals surface area contributed by atoms with Gasteiger partial charge in [-0.2, -0.15) is 10.1 Å². The molecule has 0 spiro atoms. The lowest BCUT2D eigenvalue weighted by Crippen LogP contribution is -2.50. The van der Waals surface area contributed by atoms with E-state index in [0.29, 0.717) is 16.8 Å². The van der Waals surface area contributed by atoms with Crippen molar-refractivity contribution in [3.8, 4) is 11.8 Å². The molecule has 0 bridgehead atoms. The molecule has 3 rings (SSSR count). The van der Waals surface area contributed by atoms with E-state index in [-0.39, 0.29) is 5.58 Å². The molecule has 3 aromatic rings. The summed E-state index contributed by atoms with van der Waals surface area (Å²) in [7, 11) is 0. The number of para-hydroxylation sites is 1. The van der Waals surface area contributed by atoms with Gasteiger partial charge >= 0.3 is 5.76 Å². The number of rotatable bonds is 1. The molecule has 0 radical (unpaired) electrons. The zero-order chi connectivity index (χ0) is 14.1. The molecule has 0 unspecified atom stereocenters. The lowest BCUT2D eigenvalue weighted by atomic mass is 10.1. The molecule has 20 heavy (non-hydrogen) atoms. The molecule has 1 heterocycles. The molecule has 0 N–H and O–H groups in total. The van der Waals surface area contributed by atoms with Crippen molar-refractivity contribution in [2.75, 3.05) is 0 Å². The average Bonchev–Trinajstić information content (AvgIpc) is 2.47. The number of benzene rings is 2. The Morgan fingerprint density at radius 2 is 2.00 bits per heavy atom. The summed E-state index contributed by atoms with van der Waals surface area (Å²) >= 11 is 0. The van der Waals surface area contributed by atoms with Gasteiger partial charge < -0.3 is 4.42 Å². The summed E-state index contributed by atoms with van der Waals surface area (Å²) in [6.45, 7) is 1.86. The topological polar surface area (TPSA) is 70.8 Å². The van der Waals surface area contributed by atoms with Gasteiger partial charge in [-0.15, -0.1) is 0 Å². The van der Waals surface area contributed by atoms with Crippen molar-refractivity contribution < 1.29 is 9.10 Å². The number of aryl methyl sites for hydroxylation is 1. The molecule has 0 amide bonds. The third-order valence-electron chi connectivity index (χ3n) is 2.90. The molecule has 1 aromatic heterocycles. The summed E-state index contributed by atoms with van der Waals surface area (Å²) in [4.78, 5) is 12.0. The Bertz CT molecular complexity index is 893. The van der Waals surface area contributed by atoms with E-state index in [9.17, 15) is 4.79 Å². The van der Waals surface area contributed by atoms with E-state index < -0.39 is 5.76 Å². The number of nitrogens with zero attached hydrogens (tertiary/aromatic N) is 3. The first-order valence-electron chi connectivity index (χ1n) is 6.02. The van der Waals surface area contributed by atoms with Crippen LogP contribution >= 0.6 is 0 Å². The predicted octanol–water partition coefficient (Wildman–Crippen LogP) is 1.64. The Labute approximate surface area is 114 Å². The maximum absolute atomic E-state index is 12.0. The van der Waals surface area contributed by atoms with Crippen molar-refractivity contribution in [2.45, 2.75) is 6.92 Å². The highest BCUT2D eigenvalue weighted by atomic mass is 16.4. The van der Waals surface area contributed by atoms with Crippen molar-refractivity contribution in [3.63, 3.8) is 0 Å². The molecule has 0 aliphatic rings. The van der Waals surface area contributed by atoms with E-state index in [1.807, 2.05) is 31.2 Å². The molecule has 0 saturated carbocycles. The van der Waals surface area contributed by atoms with Crippen molar-refractivity contribution in [2.24, 2.45) is 0 Å². The van der Waals surface area contributed by atoms with E-state index in [1.54, 1.807) is 24.3 Å². The number of hydrogen-bond acceptors (Lipinski definition) is 4. The minimum Gasteiger partial charge on any atom is -0.366 e. The van der Waals surface area contributed by atoms with Crippen LogP contribution in [0.5, 0.6) is 0 Å². The molecule has 0 aliphatic carbocycles. The van der Waals surface area contributed by atoms with Gasteiger partial charge in [0, 0.05) is 21.9 Å². The largest absolute Gasteiger partial charge is 0.634 e. The number of fused-ring (bicyclic) bond motifs is 1. The summed E-state index contributed by atoms with van der Waals surface area (Å²) in [5, 5.41) is 13.4. The first-order valence-corrected chi connectivity index (χ1v) is 6.02. The normalized spacial score (nSPS) is 10.4. The lowest BCUT2D eigenvalue weighted by Gasteiger charge is -1.98. The minimum atomic E-state index is -0.621. The van der Waals surface area contributed by atoms with Crippen LogP contribution in [0.3, 0.4) is 0 Å². The summed E-state index contributed by atoms with van der Waals surface area (Å²) in [6, 6.07) is 14.5. The predicted molar refractivity (Wildman–Crippen MR) is 71.3 cm³/mol.